The second kappa shape index (κ2) is 6.48. The van der Waals surface area contributed by atoms with Crippen LogP contribution in [0.3, 0.4) is 0 Å². The molecule has 1 saturated heterocycles. The smallest absolute Gasteiger partial charge is 0.106 e. The number of hydrogen-bond acceptors (Lipinski definition) is 2. The number of nitrogens with one attached hydrogen (secondary N) is 1. The Morgan fingerprint density at radius 2 is 2.28 bits per heavy atom. The first-order valence-corrected chi connectivity index (χ1v) is 7.56. The van der Waals surface area contributed by atoms with E-state index < -0.39 is 0 Å². The first-order chi connectivity index (χ1) is 8.72. The van der Waals surface area contributed by atoms with Crippen LogP contribution in [0.2, 0.25) is 0 Å². The fourth-order valence-electron chi connectivity index (χ4n) is 2.81. The molecule has 1 aliphatic rings. The molecule has 0 aliphatic carbocycles. The van der Waals surface area contributed by atoms with E-state index in [1.165, 1.54) is 56.3 Å². The molecule has 18 heavy (non-hydrogen) atoms. The molecule has 2 nitrogen and oxygen atoms in total. The average molecular weight is 264 g/mol. The molecule has 2 heterocycles. The van der Waals surface area contributed by atoms with Crippen molar-refractivity contribution in [1.29, 1.82) is 0 Å². The third-order valence-electron chi connectivity index (χ3n) is 3.91. The lowest BCUT2D eigenvalue weighted by molar-refractivity contribution is 0.146. The normalized spacial score (nSPS) is 21.1. The minimum absolute atomic E-state index is 0.593. The molecular formula is C15H24N2S. The van der Waals surface area contributed by atoms with Gasteiger partial charge in [0, 0.05) is 12.2 Å². The maximum absolute atomic E-state index is 5.24. The molecule has 0 bridgehead atoms. The number of aryl methyl sites for hydroxylation is 1. The quantitative estimate of drug-likeness (QED) is 0.814. The van der Waals surface area contributed by atoms with E-state index in [0.717, 1.165) is 4.64 Å². The van der Waals surface area contributed by atoms with Crippen LogP contribution in [-0.4, -0.2) is 23.0 Å². The summed E-state index contributed by atoms with van der Waals surface area (Å²) in [6.07, 6.45) is 8.68. The largest absolute Gasteiger partial charge is 0.352 e. The van der Waals surface area contributed by atoms with E-state index in [1.54, 1.807) is 0 Å². The number of unbranched alkanes of at least 4 members (excludes halogenated alkanes) is 1. The Morgan fingerprint density at radius 3 is 3.00 bits per heavy atom. The Kier molecular flexibility index (Phi) is 4.95. The summed E-state index contributed by atoms with van der Waals surface area (Å²) in [7, 11) is 0. The monoisotopic (exact) mass is 264 g/mol. The molecule has 1 N–H and O–H groups in total. The zero-order chi connectivity index (χ0) is 13.0. The summed E-state index contributed by atoms with van der Waals surface area (Å²) in [5.41, 5.74) is 2.61. The molecular weight excluding hydrogens is 240 g/mol. The number of H-pyrrole nitrogens is 1. The first-order valence-electron chi connectivity index (χ1n) is 7.15. The number of likely N-dealkylation sites (tertiary alicyclic amines) is 1. The highest BCUT2D eigenvalue weighted by Gasteiger charge is 2.23. The van der Waals surface area contributed by atoms with Crippen molar-refractivity contribution in [1.82, 2.24) is 9.88 Å². The first kappa shape index (κ1) is 13.8. The molecule has 0 radical (unpaired) electrons. The van der Waals surface area contributed by atoms with Crippen molar-refractivity contribution in [3.05, 3.63) is 28.0 Å². The lowest BCUT2D eigenvalue weighted by Gasteiger charge is -2.36. The summed E-state index contributed by atoms with van der Waals surface area (Å²) >= 11 is 5.24. The molecule has 0 aromatic carbocycles. The molecule has 1 aromatic heterocycles. The molecule has 1 fully saturated rings. The second-order valence-corrected chi connectivity index (χ2v) is 5.75. The van der Waals surface area contributed by atoms with E-state index in [0.29, 0.717) is 6.04 Å². The van der Waals surface area contributed by atoms with E-state index in [1.807, 2.05) is 0 Å². The lowest BCUT2D eigenvalue weighted by Crippen LogP contribution is -2.34. The van der Waals surface area contributed by atoms with Gasteiger partial charge >= 0.3 is 0 Å². The summed E-state index contributed by atoms with van der Waals surface area (Å²) < 4.78 is 0.870. The summed E-state index contributed by atoms with van der Waals surface area (Å²) in [6.45, 7) is 6.85. The molecule has 3 heteroatoms. The fraction of sp³-hybridized carbons (Fsp3) is 0.667. The zero-order valence-corrected chi connectivity index (χ0v) is 12.4. The van der Waals surface area contributed by atoms with Crippen molar-refractivity contribution in [2.24, 2.45) is 0 Å². The highest BCUT2D eigenvalue weighted by atomic mass is 32.1. The van der Waals surface area contributed by atoms with Gasteiger partial charge in [-0.3, -0.25) is 4.90 Å². The van der Waals surface area contributed by atoms with Crippen molar-refractivity contribution < 1.29 is 0 Å². The Balaban J connectivity index is 2.16. The zero-order valence-electron chi connectivity index (χ0n) is 11.5. The summed E-state index contributed by atoms with van der Waals surface area (Å²) in [5, 5.41) is 0. The number of pyridine rings is 1. The van der Waals surface area contributed by atoms with Gasteiger partial charge in [-0.25, -0.2) is 0 Å². The number of nitrogens with zero attached hydrogens (tertiary/aromatic N) is 1. The van der Waals surface area contributed by atoms with Crippen LogP contribution in [0.4, 0.5) is 0 Å². The molecule has 0 spiro atoms. The molecule has 1 atom stereocenters. The van der Waals surface area contributed by atoms with Gasteiger partial charge in [0.1, 0.15) is 4.64 Å². The Bertz CT molecular complexity index is 438. The van der Waals surface area contributed by atoms with Crippen molar-refractivity contribution in [2.75, 3.05) is 13.1 Å². The van der Waals surface area contributed by atoms with E-state index in [4.69, 9.17) is 12.2 Å². The average Bonchev–Trinajstić information content (AvgIpc) is 2.40. The van der Waals surface area contributed by atoms with Crippen molar-refractivity contribution in [3.63, 3.8) is 0 Å². The minimum atomic E-state index is 0.593. The van der Waals surface area contributed by atoms with Crippen LogP contribution in [0.15, 0.2) is 12.3 Å². The maximum atomic E-state index is 5.24. The lowest BCUT2D eigenvalue weighted by atomic mass is 9.95. The number of rotatable bonds is 4. The highest BCUT2D eigenvalue weighted by molar-refractivity contribution is 7.71. The number of hydrogen-bond donors (Lipinski definition) is 1. The minimum Gasteiger partial charge on any atom is -0.352 e. The Hall–Kier alpha value is -0.670. The van der Waals surface area contributed by atoms with E-state index in [9.17, 15) is 0 Å². The predicted octanol–water partition coefficient (Wildman–Crippen LogP) is 4.38. The van der Waals surface area contributed by atoms with Gasteiger partial charge in [-0.15, -0.1) is 0 Å². The maximum Gasteiger partial charge on any atom is 0.106 e. The van der Waals surface area contributed by atoms with Crippen LogP contribution in [0.5, 0.6) is 0 Å². The second-order valence-electron chi connectivity index (χ2n) is 5.35. The molecule has 2 rings (SSSR count). The van der Waals surface area contributed by atoms with E-state index in [2.05, 4.69) is 36.0 Å². The number of aromatic nitrogens is 1. The number of aromatic amines is 1. The van der Waals surface area contributed by atoms with Crippen molar-refractivity contribution >= 4 is 12.2 Å². The van der Waals surface area contributed by atoms with Gasteiger partial charge < -0.3 is 4.98 Å². The fourth-order valence-corrected chi connectivity index (χ4v) is 2.93. The van der Waals surface area contributed by atoms with Crippen LogP contribution in [0, 0.1) is 11.6 Å². The Labute approximate surface area is 115 Å². The van der Waals surface area contributed by atoms with Crippen molar-refractivity contribution in [3.8, 4) is 0 Å². The molecule has 100 valence electrons. The van der Waals surface area contributed by atoms with Crippen LogP contribution < -0.4 is 0 Å². The van der Waals surface area contributed by atoms with Crippen LogP contribution in [-0.2, 0) is 0 Å². The van der Waals surface area contributed by atoms with Gasteiger partial charge in [0.25, 0.3) is 0 Å². The predicted molar refractivity (Wildman–Crippen MR) is 79.4 cm³/mol. The van der Waals surface area contributed by atoms with E-state index in [-0.39, 0.29) is 0 Å². The standard InChI is InChI=1S/C15H24N2S/c1-3-4-8-17-9-6-5-7-14(17)13-10-12(2)15(18)16-11-13/h10-11,14H,3-9H2,1-2H3,(H,16,18)/t14-/m0/s1. The van der Waals surface area contributed by atoms with Crippen LogP contribution in [0.1, 0.15) is 56.2 Å². The summed E-state index contributed by atoms with van der Waals surface area (Å²) in [6, 6.07) is 2.86. The topological polar surface area (TPSA) is 19.0 Å². The van der Waals surface area contributed by atoms with Crippen molar-refractivity contribution in [2.45, 2.75) is 52.0 Å². The van der Waals surface area contributed by atoms with Crippen LogP contribution in [0.25, 0.3) is 0 Å². The third kappa shape index (κ3) is 3.21. The SMILES string of the molecule is CCCCN1CCCC[C@H]1c1c[nH]c(=S)c(C)c1. The molecule has 0 amide bonds. The van der Waals surface area contributed by atoms with Gasteiger partial charge in [0.05, 0.1) is 0 Å². The van der Waals surface area contributed by atoms with E-state index >= 15 is 0 Å². The Morgan fingerprint density at radius 1 is 1.44 bits per heavy atom. The highest BCUT2D eigenvalue weighted by Crippen LogP contribution is 2.31. The van der Waals surface area contributed by atoms with Gasteiger partial charge in [-0.05, 0) is 50.4 Å². The van der Waals surface area contributed by atoms with Gasteiger partial charge in [0.2, 0.25) is 0 Å². The van der Waals surface area contributed by atoms with Crippen LogP contribution >= 0.6 is 12.2 Å². The van der Waals surface area contributed by atoms with Gasteiger partial charge in [-0.2, -0.15) is 0 Å². The number of piperidine rings is 1. The summed E-state index contributed by atoms with van der Waals surface area (Å²) in [5.74, 6) is 0. The molecule has 0 unspecified atom stereocenters. The molecule has 1 aliphatic heterocycles. The van der Waals surface area contributed by atoms with Gasteiger partial charge in [0.15, 0.2) is 0 Å². The van der Waals surface area contributed by atoms with Gasteiger partial charge in [-0.1, -0.05) is 38.0 Å². The third-order valence-corrected chi connectivity index (χ3v) is 4.35. The molecule has 1 aromatic rings. The summed E-state index contributed by atoms with van der Waals surface area (Å²) in [4.78, 5) is 5.88. The molecule has 0 saturated carbocycles.